The predicted octanol–water partition coefficient (Wildman–Crippen LogP) is 1.81. The molecule has 0 radical (unpaired) electrons. The molecule has 4 nitrogen and oxygen atoms in total. The fourth-order valence-corrected chi connectivity index (χ4v) is 1.20. The summed E-state index contributed by atoms with van der Waals surface area (Å²) >= 11 is 5.93. The van der Waals surface area contributed by atoms with E-state index >= 15 is 0 Å². The maximum absolute atomic E-state index is 7.26. The molecule has 1 rings (SSSR count). The molecule has 0 bridgehead atoms. The van der Waals surface area contributed by atoms with Gasteiger partial charge in [0.2, 0.25) is 5.88 Å². The first-order valence-corrected chi connectivity index (χ1v) is 4.66. The Kier molecular flexibility index (Phi) is 3.71. The van der Waals surface area contributed by atoms with Crippen LogP contribution in [0.5, 0.6) is 5.88 Å². The first-order valence-electron chi connectivity index (χ1n) is 4.28. The fraction of sp³-hybridized carbons (Fsp3) is 0.333. The normalized spacial score (nSPS) is 9.86. The first-order chi connectivity index (χ1) is 6.66. The van der Waals surface area contributed by atoms with Crippen molar-refractivity contribution < 1.29 is 4.74 Å². The molecule has 0 aliphatic rings. The maximum Gasteiger partial charge on any atom is 0.233 e. The minimum absolute atomic E-state index is 0.0845. The molecule has 1 aromatic rings. The van der Waals surface area contributed by atoms with Gasteiger partial charge >= 0.3 is 0 Å². The fourth-order valence-electron chi connectivity index (χ4n) is 0.932. The number of halogens is 1. The minimum Gasteiger partial charge on any atom is -0.477 e. The highest BCUT2D eigenvalue weighted by Gasteiger charge is 2.10. The first kappa shape index (κ1) is 10.8. The van der Waals surface area contributed by atoms with Crippen LogP contribution in [0, 0.1) is 5.41 Å². The second-order valence-electron chi connectivity index (χ2n) is 2.74. The molecule has 3 N–H and O–H groups in total. The maximum atomic E-state index is 7.26. The third kappa shape index (κ3) is 2.35. The molecular weight excluding hydrogens is 202 g/mol. The minimum atomic E-state index is -0.0845. The van der Waals surface area contributed by atoms with E-state index in [1.165, 1.54) is 6.20 Å². The van der Waals surface area contributed by atoms with E-state index in [0.717, 1.165) is 6.42 Å². The number of nitrogen functional groups attached to an aromatic ring is 1. The van der Waals surface area contributed by atoms with Crippen LogP contribution in [0.1, 0.15) is 18.9 Å². The summed E-state index contributed by atoms with van der Waals surface area (Å²) in [5, 5.41) is 7.56. The average Bonchev–Trinajstić information content (AvgIpc) is 2.16. The van der Waals surface area contributed by atoms with E-state index in [9.17, 15) is 0 Å². The molecule has 1 aromatic heterocycles. The molecule has 0 atom stereocenters. The van der Waals surface area contributed by atoms with Gasteiger partial charge in [-0.2, -0.15) is 0 Å². The molecule has 0 fully saturated rings. The average molecular weight is 214 g/mol. The van der Waals surface area contributed by atoms with E-state index in [1.54, 1.807) is 6.07 Å². The van der Waals surface area contributed by atoms with Crippen LogP contribution in [0.25, 0.3) is 0 Å². The SMILES string of the molecule is CCCOc1nccc(C(=N)N)c1Cl. The summed E-state index contributed by atoms with van der Waals surface area (Å²) in [6.45, 7) is 2.54. The van der Waals surface area contributed by atoms with Crippen LogP contribution < -0.4 is 10.5 Å². The molecule has 0 aliphatic carbocycles. The second-order valence-corrected chi connectivity index (χ2v) is 3.12. The van der Waals surface area contributed by atoms with Gasteiger partial charge in [0.15, 0.2) is 0 Å². The van der Waals surface area contributed by atoms with E-state index in [4.69, 9.17) is 27.5 Å². The van der Waals surface area contributed by atoms with Gasteiger partial charge in [0.05, 0.1) is 6.61 Å². The summed E-state index contributed by atoms with van der Waals surface area (Å²) in [5.74, 6) is 0.250. The Morgan fingerprint density at radius 1 is 1.71 bits per heavy atom. The number of aromatic nitrogens is 1. The Balaban J connectivity index is 2.95. The molecule has 76 valence electrons. The molecule has 14 heavy (non-hydrogen) atoms. The van der Waals surface area contributed by atoms with Gasteiger partial charge in [-0.25, -0.2) is 4.98 Å². The lowest BCUT2D eigenvalue weighted by atomic mass is 10.2. The smallest absolute Gasteiger partial charge is 0.233 e. The van der Waals surface area contributed by atoms with E-state index in [-0.39, 0.29) is 5.84 Å². The van der Waals surface area contributed by atoms with Crippen molar-refractivity contribution in [2.24, 2.45) is 5.73 Å². The molecule has 0 amide bonds. The molecule has 1 heterocycles. The number of nitrogens with one attached hydrogen (secondary N) is 1. The zero-order valence-corrected chi connectivity index (χ0v) is 8.64. The lowest BCUT2D eigenvalue weighted by molar-refractivity contribution is 0.305. The zero-order chi connectivity index (χ0) is 10.6. The van der Waals surface area contributed by atoms with Crippen LogP contribution >= 0.6 is 11.6 Å². The van der Waals surface area contributed by atoms with E-state index < -0.39 is 0 Å². The van der Waals surface area contributed by atoms with Gasteiger partial charge in [-0.15, -0.1) is 0 Å². The summed E-state index contributed by atoms with van der Waals surface area (Å²) in [7, 11) is 0. The van der Waals surface area contributed by atoms with Crippen molar-refractivity contribution in [3.8, 4) is 5.88 Å². The Hall–Kier alpha value is -1.29. The van der Waals surface area contributed by atoms with Crippen LogP contribution in [0.3, 0.4) is 0 Å². The number of ether oxygens (including phenoxy) is 1. The highest BCUT2D eigenvalue weighted by atomic mass is 35.5. The number of nitrogens with two attached hydrogens (primary N) is 1. The second kappa shape index (κ2) is 4.81. The largest absolute Gasteiger partial charge is 0.477 e. The van der Waals surface area contributed by atoms with Crippen LogP contribution in [0.4, 0.5) is 0 Å². The van der Waals surface area contributed by atoms with Crippen molar-refractivity contribution in [1.82, 2.24) is 4.98 Å². The molecule has 0 aliphatic heterocycles. The number of hydrogen-bond donors (Lipinski definition) is 2. The topological polar surface area (TPSA) is 72.0 Å². The Labute approximate surface area is 87.6 Å². The monoisotopic (exact) mass is 213 g/mol. The number of rotatable bonds is 4. The van der Waals surface area contributed by atoms with Crippen molar-refractivity contribution in [2.45, 2.75) is 13.3 Å². The highest BCUT2D eigenvalue weighted by molar-refractivity contribution is 6.35. The Morgan fingerprint density at radius 2 is 2.43 bits per heavy atom. The summed E-state index contributed by atoms with van der Waals surface area (Å²) in [4.78, 5) is 3.95. The van der Waals surface area contributed by atoms with Gasteiger partial charge in [-0.05, 0) is 12.5 Å². The summed E-state index contributed by atoms with van der Waals surface area (Å²) in [5.41, 5.74) is 5.78. The quantitative estimate of drug-likeness (QED) is 0.592. The molecule has 5 heteroatoms. The van der Waals surface area contributed by atoms with Crippen molar-refractivity contribution >= 4 is 17.4 Å². The number of nitrogens with zero attached hydrogens (tertiary/aromatic N) is 1. The third-order valence-corrected chi connectivity index (χ3v) is 1.96. The number of pyridine rings is 1. The predicted molar refractivity (Wildman–Crippen MR) is 56.0 cm³/mol. The van der Waals surface area contributed by atoms with Crippen molar-refractivity contribution in [3.63, 3.8) is 0 Å². The van der Waals surface area contributed by atoms with Crippen LogP contribution in [0.15, 0.2) is 12.3 Å². The van der Waals surface area contributed by atoms with Crippen LogP contribution in [0.2, 0.25) is 5.02 Å². The van der Waals surface area contributed by atoms with Gasteiger partial charge in [-0.1, -0.05) is 18.5 Å². The molecule has 0 unspecified atom stereocenters. The van der Waals surface area contributed by atoms with Crippen LogP contribution in [-0.2, 0) is 0 Å². The third-order valence-electron chi connectivity index (χ3n) is 1.59. The number of hydrogen-bond acceptors (Lipinski definition) is 3. The summed E-state index contributed by atoms with van der Waals surface area (Å²) < 4.78 is 5.28. The molecular formula is C9H12ClN3O. The van der Waals surface area contributed by atoms with Crippen molar-refractivity contribution in [2.75, 3.05) is 6.61 Å². The van der Waals surface area contributed by atoms with E-state index in [1.807, 2.05) is 6.92 Å². The Morgan fingerprint density at radius 3 is 3.00 bits per heavy atom. The summed E-state index contributed by atoms with van der Waals surface area (Å²) in [6, 6.07) is 1.59. The van der Waals surface area contributed by atoms with Crippen LogP contribution in [-0.4, -0.2) is 17.4 Å². The number of amidine groups is 1. The molecule has 0 saturated heterocycles. The zero-order valence-electron chi connectivity index (χ0n) is 7.88. The van der Waals surface area contributed by atoms with Gasteiger partial charge in [0.1, 0.15) is 10.9 Å². The molecule has 0 spiro atoms. The highest BCUT2D eigenvalue weighted by Crippen LogP contribution is 2.25. The van der Waals surface area contributed by atoms with E-state index in [0.29, 0.717) is 23.1 Å². The lowest BCUT2D eigenvalue weighted by Crippen LogP contribution is -2.12. The van der Waals surface area contributed by atoms with Crippen molar-refractivity contribution in [3.05, 3.63) is 22.8 Å². The Bertz CT molecular complexity index is 341. The molecule has 0 aromatic carbocycles. The lowest BCUT2D eigenvalue weighted by Gasteiger charge is -2.07. The van der Waals surface area contributed by atoms with E-state index in [2.05, 4.69) is 4.98 Å². The van der Waals surface area contributed by atoms with Gasteiger partial charge in [-0.3, -0.25) is 5.41 Å². The van der Waals surface area contributed by atoms with Crippen molar-refractivity contribution in [1.29, 1.82) is 5.41 Å². The van der Waals surface area contributed by atoms with Gasteiger partial charge in [0, 0.05) is 11.8 Å². The molecule has 0 saturated carbocycles. The standard InChI is InChI=1S/C9H12ClN3O/c1-2-5-14-9-7(10)6(8(11)12)3-4-13-9/h3-4H,2,5H2,1H3,(H3,11,12). The van der Waals surface area contributed by atoms with Gasteiger partial charge < -0.3 is 10.5 Å². The van der Waals surface area contributed by atoms with Gasteiger partial charge in [0.25, 0.3) is 0 Å². The summed E-state index contributed by atoms with van der Waals surface area (Å²) in [6.07, 6.45) is 2.40.